The summed E-state index contributed by atoms with van der Waals surface area (Å²) in [5.41, 5.74) is 2.18. The van der Waals surface area contributed by atoms with Gasteiger partial charge in [0.1, 0.15) is 28.0 Å². The lowest BCUT2D eigenvalue weighted by Gasteiger charge is -2.33. The fraction of sp³-hybridized carbons (Fsp3) is 0.406. The third kappa shape index (κ3) is 6.48. The Bertz CT molecular complexity index is 1830. The van der Waals surface area contributed by atoms with Crippen molar-refractivity contribution < 1.29 is 19.1 Å². The molecule has 0 radical (unpaired) electrons. The summed E-state index contributed by atoms with van der Waals surface area (Å²) in [5.74, 6) is 0.580. The molecule has 236 valence electrons. The van der Waals surface area contributed by atoms with E-state index in [1.807, 2.05) is 52.0 Å². The van der Waals surface area contributed by atoms with E-state index < -0.39 is 11.7 Å². The minimum atomic E-state index is -0.636. The summed E-state index contributed by atoms with van der Waals surface area (Å²) < 4.78 is 12.5. The highest BCUT2D eigenvalue weighted by Crippen LogP contribution is 2.38. The van der Waals surface area contributed by atoms with Gasteiger partial charge in [-0.05, 0) is 70.4 Å². The SMILES string of the molecule is Cc1nc2cc(-c3ncc(N(C)C(=O)OC(C)(C)C)s3)c(N[C@H]3CCN4C(=O)OC[C@@H]4C3)cc2c(=O)n1Cc1ccc(Cl)cc1. The number of cyclic esters (lactones) is 1. The number of ether oxygens (including phenoxy) is 2. The van der Waals surface area contributed by atoms with Gasteiger partial charge in [-0.15, -0.1) is 0 Å². The highest BCUT2D eigenvalue weighted by molar-refractivity contribution is 7.19. The first kappa shape index (κ1) is 30.8. The number of piperidine rings is 1. The number of thiazole rings is 1. The standard InChI is InChI=1S/C32H35ClN6O5S/c1-18-35-26-13-23(28-34-15-27(45-28)37(5)30(41)44-32(2,3)4)25(36-21-10-11-38-22(12-21)17-43-31(38)42)14-24(26)29(40)39(18)16-19-6-8-20(33)9-7-19/h6-9,13-15,21-22,36H,10-12,16-17H2,1-5H3/t21-,22-/m0/s1. The van der Waals surface area contributed by atoms with Crippen molar-refractivity contribution in [1.82, 2.24) is 19.4 Å². The van der Waals surface area contributed by atoms with Crippen molar-refractivity contribution in [2.45, 2.75) is 64.8 Å². The summed E-state index contributed by atoms with van der Waals surface area (Å²) in [6.07, 6.45) is 2.33. The van der Waals surface area contributed by atoms with Crippen molar-refractivity contribution in [1.29, 1.82) is 0 Å². The number of benzene rings is 2. The number of halogens is 1. The van der Waals surface area contributed by atoms with E-state index in [1.165, 1.54) is 16.2 Å². The lowest BCUT2D eigenvalue weighted by atomic mass is 9.97. The summed E-state index contributed by atoms with van der Waals surface area (Å²) in [6, 6.07) is 11.2. The van der Waals surface area contributed by atoms with E-state index in [0.29, 0.717) is 57.9 Å². The molecule has 2 fully saturated rings. The molecule has 13 heteroatoms. The third-order valence-electron chi connectivity index (χ3n) is 7.97. The topological polar surface area (TPSA) is 119 Å². The van der Waals surface area contributed by atoms with E-state index in [4.69, 9.17) is 26.1 Å². The van der Waals surface area contributed by atoms with E-state index in [9.17, 15) is 14.4 Å². The maximum Gasteiger partial charge on any atom is 0.415 e. The smallest absolute Gasteiger partial charge is 0.415 e. The van der Waals surface area contributed by atoms with Gasteiger partial charge < -0.3 is 19.7 Å². The Hall–Kier alpha value is -4.16. The van der Waals surface area contributed by atoms with Gasteiger partial charge in [0.15, 0.2) is 0 Å². The largest absolute Gasteiger partial charge is 0.447 e. The Morgan fingerprint density at radius 3 is 2.71 bits per heavy atom. The molecule has 2 aromatic carbocycles. The zero-order chi connectivity index (χ0) is 32.0. The molecule has 4 aromatic rings. The van der Waals surface area contributed by atoms with Crippen molar-refractivity contribution >= 4 is 56.7 Å². The van der Waals surface area contributed by atoms with Gasteiger partial charge in [-0.3, -0.25) is 14.3 Å². The number of nitrogens with zero attached hydrogens (tertiary/aromatic N) is 5. The number of hydrogen-bond acceptors (Lipinski definition) is 9. The van der Waals surface area contributed by atoms with Gasteiger partial charge in [-0.2, -0.15) is 0 Å². The minimum absolute atomic E-state index is 0.00233. The number of aryl methyl sites for hydroxylation is 1. The molecule has 0 unspecified atom stereocenters. The molecule has 2 atom stereocenters. The fourth-order valence-corrected chi connectivity index (χ4v) is 6.68. The zero-order valence-corrected chi connectivity index (χ0v) is 27.4. The monoisotopic (exact) mass is 650 g/mol. The first-order valence-electron chi connectivity index (χ1n) is 14.8. The van der Waals surface area contributed by atoms with Crippen LogP contribution in [-0.2, 0) is 16.0 Å². The molecule has 1 N–H and O–H groups in total. The molecule has 2 aliphatic rings. The first-order chi connectivity index (χ1) is 21.4. The molecular weight excluding hydrogens is 616 g/mol. The van der Waals surface area contributed by atoms with Crippen molar-refractivity contribution in [2.24, 2.45) is 0 Å². The highest BCUT2D eigenvalue weighted by Gasteiger charge is 2.38. The minimum Gasteiger partial charge on any atom is -0.447 e. The fourth-order valence-electron chi connectivity index (χ4n) is 5.65. The summed E-state index contributed by atoms with van der Waals surface area (Å²) in [7, 11) is 1.65. The van der Waals surface area contributed by atoms with Gasteiger partial charge in [0.05, 0.1) is 29.7 Å². The number of carbonyl (C=O) groups excluding carboxylic acids is 2. The summed E-state index contributed by atoms with van der Waals surface area (Å²) >= 11 is 7.41. The Morgan fingerprint density at radius 1 is 1.22 bits per heavy atom. The van der Waals surface area contributed by atoms with Crippen LogP contribution in [0.15, 0.2) is 47.4 Å². The number of amides is 2. The average molecular weight is 651 g/mol. The van der Waals surface area contributed by atoms with Crippen LogP contribution >= 0.6 is 22.9 Å². The van der Waals surface area contributed by atoms with Gasteiger partial charge in [-0.25, -0.2) is 19.6 Å². The Morgan fingerprint density at radius 2 is 1.98 bits per heavy atom. The van der Waals surface area contributed by atoms with Crippen molar-refractivity contribution in [3.05, 3.63) is 69.4 Å². The van der Waals surface area contributed by atoms with E-state index in [-0.39, 0.29) is 23.7 Å². The number of rotatable bonds is 6. The third-order valence-corrected chi connectivity index (χ3v) is 9.33. The molecular formula is C32H35ClN6O5S. The van der Waals surface area contributed by atoms with E-state index in [1.54, 1.807) is 34.8 Å². The molecule has 0 spiro atoms. The average Bonchev–Trinajstić information content (AvgIpc) is 3.62. The Balaban J connectivity index is 1.39. The van der Waals surface area contributed by atoms with Crippen molar-refractivity contribution in [3.63, 3.8) is 0 Å². The molecule has 2 aliphatic heterocycles. The Labute approximate surface area is 269 Å². The summed E-state index contributed by atoms with van der Waals surface area (Å²) in [6.45, 7) is 8.59. The quantitative estimate of drug-likeness (QED) is 0.258. The molecule has 2 amide bonds. The van der Waals surface area contributed by atoms with Gasteiger partial charge in [0.2, 0.25) is 0 Å². The van der Waals surface area contributed by atoms with Crippen LogP contribution in [0.25, 0.3) is 21.5 Å². The van der Waals surface area contributed by atoms with Crippen LogP contribution in [0, 0.1) is 6.92 Å². The van der Waals surface area contributed by atoms with Crippen LogP contribution in [0.4, 0.5) is 20.3 Å². The van der Waals surface area contributed by atoms with Crippen LogP contribution in [-0.4, -0.2) is 69.5 Å². The summed E-state index contributed by atoms with van der Waals surface area (Å²) in [4.78, 5) is 51.5. The number of hydrogen-bond donors (Lipinski definition) is 1. The second-order valence-corrected chi connectivity index (χ2v) is 13.9. The van der Waals surface area contributed by atoms with Gasteiger partial charge in [0.25, 0.3) is 5.56 Å². The lowest BCUT2D eigenvalue weighted by Crippen LogP contribution is -2.45. The first-order valence-corrected chi connectivity index (χ1v) is 16.0. The summed E-state index contributed by atoms with van der Waals surface area (Å²) in [5, 5.41) is 6.03. The van der Waals surface area contributed by atoms with Gasteiger partial charge in [0, 0.05) is 35.9 Å². The number of nitrogens with one attached hydrogen (secondary N) is 1. The Kier molecular flexibility index (Phi) is 8.21. The van der Waals surface area contributed by atoms with E-state index >= 15 is 0 Å². The molecule has 2 saturated heterocycles. The van der Waals surface area contributed by atoms with Gasteiger partial charge in [-0.1, -0.05) is 35.1 Å². The van der Waals surface area contributed by atoms with Crippen LogP contribution in [0.3, 0.4) is 0 Å². The van der Waals surface area contributed by atoms with Crippen LogP contribution in [0.2, 0.25) is 5.02 Å². The van der Waals surface area contributed by atoms with Crippen LogP contribution in [0.5, 0.6) is 0 Å². The maximum absolute atomic E-state index is 13.9. The molecule has 2 aromatic heterocycles. The second kappa shape index (κ2) is 12.0. The van der Waals surface area contributed by atoms with Crippen LogP contribution < -0.4 is 15.8 Å². The zero-order valence-electron chi connectivity index (χ0n) is 25.8. The normalized spacial score (nSPS) is 18.1. The molecule has 45 heavy (non-hydrogen) atoms. The predicted octanol–water partition coefficient (Wildman–Crippen LogP) is 6.30. The number of fused-ring (bicyclic) bond motifs is 2. The predicted molar refractivity (Wildman–Crippen MR) is 176 cm³/mol. The van der Waals surface area contributed by atoms with E-state index in [0.717, 1.165) is 23.2 Å². The van der Waals surface area contributed by atoms with E-state index in [2.05, 4.69) is 10.3 Å². The van der Waals surface area contributed by atoms with Crippen molar-refractivity contribution in [3.8, 4) is 10.6 Å². The second-order valence-electron chi connectivity index (χ2n) is 12.4. The maximum atomic E-state index is 13.9. The molecule has 0 aliphatic carbocycles. The highest BCUT2D eigenvalue weighted by atomic mass is 35.5. The molecule has 6 rings (SSSR count). The van der Waals surface area contributed by atoms with Crippen LogP contribution in [0.1, 0.15) is 45.0 Å². The number of carbonyl (C=O) groups is 2. The van der Waals surface area contributed by atoms with Crippen molar-refractivity contribution in [2.75, 3.05) is 30.4 Å². The molecule has 11 nitrogen and oxygen atoms in total. The number of anilines is 2. The number of aromatic nitrogens is 3. The van der Waals surface area contributed by atoms with Gasteiger partial charge >= 0.3 is 12.2 Å². The molecule has 0 saturated carbocycles. The molecule has 0 bridgehead atoms. The lowest BCUT2D eigenvalue weighted by molar-refractivity contribution is 0.0590. The molecule has 4 heterocycles.